The molecule has 0 aromatic rings. The van der Waals surface area contributed by atoms with Gasteiger partial charge in [0.2, 0.25) is 11.8 Å². The van der Waals surface area contributed by atoms with Crippen LogP contribution in [0.25, 0.3) is 0 Å². The number of carbonyl (C=O) groups is 3. The number of carboxylic acid groups (broad SMARTS) is 1. The second-order valence-corrected chi connectivity index (χ2v) is 3.94. The Labute approximate surface area is 93.4 Å². The molecule has 0 heterocycles. The molecule has 0 aromatic carbocycles. The minimum Gasteiger partial charge on any atom is -0.481 e. The molecule has 0 unspecified atom stereocenters. The van der Waals surface area contributed by atoms with Gasteiger partial charge in [0.25, 0.3) is 0 Å². The average molecular weight is 228 g/mol. The fourth-order valence-corrected chi connectivity index (χ4v) is 1.84. The van der Waals surface area contributed by atoms with Crippen LogP contribution in [0.4, 0.5) is 0 Å². The van der Waals surface area contributed by atoms with E-state index in [4.69, 9.17) is 5.11 Å². The van der Waals surface area contributed by atoms with Crippen molar-refractivity contribution in [1.82, 2.24) is 10.6 Å². The smallest absolute Gasteiger partial charge is 0.306 e. The fraction of sp³-hybridized carbons (Fsp3) is 0.700. The van der Waals surface area contributed by atoms with Crippen molar-refractivity contribution >= 4 is 17.8 Å². The summed E-state index contributed by atoms with van der Waals surface area (Å²) in [6.07, 6.45) is 1.48. The van der Waals surface area contributed by atoms with Crippen LogP contribution in [0.2, 0.25) is 0 Å². The molecule has 1 aliphatic rings. The molecule has 2 atom stereocenters. The van der Waals surface area contributed by atoms with Crippen LogP contribution in [0.5, 0.6) is 0 Å². The van der Waals surface area contributed by atoms with E-state index in [0.717, 1.165) is 0 Å². The number of aliphatic carboxylic acids is 1. The van der Waals surface area contributed by atoms with Gasteiger partial charge in [-0.3, -0.25) is 14.4 Å². The summed E-state index contributed by atoms with van der Waals surface area (Å²) in [7, 11) is 1.49. The molecule has 6 nitrogen and oxygen atoms in total. The molecule has 0 spiro atoms. The Morgan fingerprint density at radius 3 is 2.38 bits per heavy atom. The number of nitrogens with one attached hydrogen (secondary N) is 2. The van der Waals surface area contributed by atoms with Gasteiger partial charge < -0.3 is 15.7 Å². The summed E-state index contributed by atoms with van der Waals surface area (Å²) in [6, 6.07) is 0. The zero-order valence-electron chi connectivity index (χ0n) is 9.16. The topological polar surface area (TPSA) is 95.5 Å². The SMILES string of the molecule is CNC(=O)CNC(=O)[C@@H]1CC[C@H](C(=O)O)C1. The molecule has 1 rings (SSSR count). The maximum absolute atomic E-state index is 11.5. The Hall–Kier alpha value is -1.59. The number of hydrogen-bond donors (Lipinski definition) is 3. The quantitative estimate of drug-likeness (QED) is 0.595. The molecule has 0 radical (unpaired) electrons. The highest BCUT2D eigenvalue weighted by atomic mass is 16.4. The van der Waals surface area contributed by atoms with Gasteiger partial charge in [-0.05, 0) is 19.3 Å². The van der Waals surface area contributed by atoms with Crippen LogP contribution >= 0.6 is 0 Å². The maximum Gasteiger partial charge on any atom is 0.306 e. The van der Waals surface area contributed by atoms with E-state index in [2.05, 4.69) is 10.6 Å². The van der Waals surface area contributed by atoms with Gasteiger partial charge >= 0.3 is 5.97 Å². The van der Waals surface area contributed by atoms with Crippen LogP contribution in [-0.2, 0) is 14.4 Å². The molecule has 2 amide bonds. The number of likely N-dealkylation sites (N-methyl/N-ethyl adjacent to an activating group) is 1. The van der Waals surface area contributed by atoms with E-state index in [1.165, 1.54) is 7.05 Å². The lowest BCUT2D eigenvalue weighted by Crippen LogP contribution is -2.38. The first-order valence-corrected chi connectivity index (χ1v) is 5.25. The summed E-state index contributed by atoms with van der Waals surface area (Å²) in [4.78, 5) is 33.1. The van der Waals surface area contributed by atoms with Crippen molar-refractivity contribution in [3.05, 3.63) is 0 Å². The fourth-order valence-electron chi connectivity index (χ4n) is 1.84. The lowest BCUT2D eigenvalue weighted by molar-refractivity contribution is -0.141. The molecule has 0 saturated heterocycles. The zero-order valence-corrected chi connectivity index (χ0v) is 9.16. The molecule has 1 fully saturated rings. The van der Waals surface area contributed by atoms with Crippen molar-refractivity contribution in [2.75, 3.05) is 13.6 Å². The van der Waals surface area contributed by atoms with Gasteiger partial charge in [0.1, 0.15) is 0 Å². The van der Waals surface area contributed by atoms with Gasteiger partial charge in [-0.1, -0.05) is 0 Å². The molecule has 16 heavy (non-hydrogen) atoms. The van der Waals surface area contributed by atoms with E-state index < -0.39 is 11.9 Å². The first-order valence-electron chi connectivity index (χ1n) is 5.25. The molecule has 1 aliphatic carbocycles. The highest BCUT2D eigenvalue weighted by molar-refractivity contribution is 5.86. The largest absolute Gasteiger partial charge is 0.481 e. The molecule has 90 valence electrons. The number of hydrogen-bond acceptors (Lipinski definition) is 3. The van der Waals surface area contributed by atoms with Gasteiger partial charge in [-0.2, -0.15) is 0 Å². The Bertz CT molecular complexity index is 303. The summed E-state index contributed by atoms with van der Waals surface area (Å²) >= 11 is 0. The zero-order chi connectivity index (χ0) is 12.1. The summed E-state index contributed by atoms with van der Waals surface area (Å²) in [5, 5.41) is 13.7. The van der Waals surface area contributed by atoms with Gasteiger partial charge in [0.05, 0.1) is 12.5 Å². The van der Waals surface area contributed by atoms with E-state index >= 15 is 0 Å². The Morgan fingerprint density at radius 1 is 1.25 bits per heavy atom. The Balaban J connectivity index is 2.34. The van der Waals surface area contributed by atoms with Crippen LogP contribution in [0, 0.1) is 11.8 Å². The van der Waals surface area contributed by atoms with Gasteiger partial charge in [0, 0.05) is 13.0 Å². The highest BCUT2D eigenvalue weighted by Crippen LogP contribution is 2.30. The van der Waals surface area contributed by atoms with Crippen molar-refractivity contribution in [3.63, 3.8) is 0 Å². The van der Waals surface area contributed by atoms with E-state index in [1.807, 2.05) is 0 Å². The van der Waals surface area contributed by atoms with Gasteiger partial charge in [0.15, 0.2) is 0 Å². The van der Waals surface area contributed by atoms with E-state index in [9.17, 15) is 14.4 Å². The predicted octanol–water partition coefficient (Wildman–Crippen LogP) is -0.651. The number of carbonyl (C=O) groups excluding carboxylic acids is 2. The van der Waals surface area contributed by atoms with E-state index in [0.29, 0.717) is 19.3 Å². The van der Waals surface area contributed by atoms with Crippen molar-refractivity contribution < 1.29 is 19.5 Å². The third-order valence-corrected chi connectivity index (χ3v) is 2.85. The molecule has 0 bridgehead atoms. The molecular formula is C10H16N2O4. The average Bonchev–Trinajstić information content (AvgIpc) is 2.74. The van der Waals surface area contributed by atoms with E-state index in [1.54, 1.807) is 0 Å². The van der Waals surface area contributed by atoms with Crippen molar-refractivity contribution in [2.45, 2.75) is 19.3 Å². The normalized spacial score (nSPS) is 23.8. The van der Waals surface area contributed by atoms with Crippen LogP contribution in [0.15, 0.2) is 0 Å². The summed E-state index contributed by atoms with van der Waals surface area (Å²) in [5.41, 5.74) is 0. The molecule has 0 aliphatic heterocycles. The van der Waals surface area contributed by atoms with Crippen LogP contribution in [0.3, 0.4) is 0 Å². The highest BCUT2D eigenvalue weighted by Gasteiger charge is 2.33. The third-order valence-electron chi connectivity index (χ3n) is 2.85. The number of rotatable bonds is 4. The first-order chi connectivity index (χ1) is 7.54. The first kappa shape index (κ1) is 12.5. The second kappa shape index (κ2) is 5.48. The van der Waals surface area contributed by atoms with Crippen LogP contribution < -0.4 is 10.6 Å². The minimum atomic E-state index is -0.846. The van der Waals surface area contributed by atoms with Crippen molar-refractivity contribution in [1.29, 1.82) is 0 Å². The summed E-state index contributed by atoms with van der Waals surface area (Å²) < 4.78 is 0. The maximum atomic E-state index is 11.5. The lowest BCUT2D eigenvalue weighted by atomic mass is 10.0. The van der Waals surface area contributed by atoms with Gasteiger partial charge in [-0.15, -0.1) is 0 Å². The second-order valence-electron chi connectivity index (χ2n) is 3.94. The summed E-state index contributed by atoms with van der Waals surface area (Å²) in [5.74, 6) is -2.03. The molecule has 1 saturated carbocycles. The standard InChI is InChI=1S/C10H16N2O4/c1-11-8(13)5-12-9(14)6-2-3-7(4-6)10(15)16/h6-7H,2-5H2,1H3,(H,11,13)(H,12,14)(H,15,16)/t6-,7+/m1/s1. The Kier molecular flexibility index (Phi) is 4.28. The lowest BCUT2D eigenvalue weighted by Gasteiger charge is -2.09. The van der Waals surface area contributed by atoms with Crippen molar-refractivity contribution in [2.24, 2.45) is 11.8 Å². The van der Waals surface area contributed by atoms with Gasteiger partial charge in [-0.25, -0.2) is 0 Å². The van der Waals surface area contributed by atoms with Crippen LogP contribution in [0.1, 0.15) is 19.3 Å². The van der Waals surface area contributed by atoms with E-state index in [-0.39, 0.29) is 24.3 Å². The molecule has 3 N–H and O–H groups in total. The molecule has 0 aromatic heterocycles. The number of carboxylic acids is 1. The Morgan fingerprint density at radius 2 is 1.88 bits per heavy atom. The molecular weight excluding hydrogens is 212 g/mol. The minimum absolute atomic E-state index is 0.0520. The number of amides is 2. The van der Waals surface area contributed by atoms with Crippen LogP contribution in [-0.4, -0.2) is 36.5 Å². The predicted molar refractivity (Wildman–Crippen MR) is 55.5 cm³/mol. The molecule has 6 heteroatoms. The van der Waals surface area contributed by atoms with Crippen molar-refractivity contribution in [3.8, 4) is 0 Å². The third kappa shape index (κ3) is 3.22. The monoisotopic (exact) mass is 228 g/mol. The summed E-state index contributed by atoms with van der Waals surface area (Å²) in [6.45, 7) is -0.0520.